The highest BCUT2D eigenvalue weighted by Crippen LogP contribution is 2.34. The van der Waals surface area contributed by atoms with Crippen LogP contribution in [0, 0.1) is 6.92 Å². The number of alkyl halides is 3. The largest absolute Gasteiger partial charge is 0.418 e. The Labute approximate surface area is 145 Å². The van der Waals surface area contributed by atoms with Crippen molar-refractivity contribution >= 4 is 17.3 Å². The van der Waals surface area contributed by atoms with E-state index in [0.717, 1.165) is 29.3 Å². The molecule has 0 heterocycles. The summed E-state index contributed by atoms with van der Waals surface area (Å²) in [6.07, 6.45) is -3.57. The molecule has 0 aliphatic carbocycles. The summed E-state index contributed by atoms with van der Waals surface area (Å²) in [7, 11) is 0. The van der Waals surface area contributed by atoms with Crippen LogP contribution in [0.5, 0.6) is 0 Å². The molecule has 25 heavy (non-hydrogen) atoms. The van der Waals surface area contributed by atoms with Gasteiger partial charge in [0.2, 0.25) is 5.91 Å². The van der Waals surface area contributed by atoms with Crippen LogP contribution >= 0.6 is 0 Å². The summed E-state index contributed by atoms with van der Waals surface area (Å²) in [4.78, 5) is 12.0. The molecule has 1 amide bonds. The number of carbonyl (C=O) groups is 1. The lowest BCUT2D eigenvalue weighted by Crippen LogP contribution is -2.19. The fourth-order valence-electron chi connectivity index (χ4n) is 2.63. The first kappa shape index (κ1) is 18.8. The van der Waals surface area contributed by atoms with E-state index in [0.29, 0.717) is 6.54 Å². The maximum atomic E-state index is 12.9. The van der Waals surface area contributed by atoms with Crippen LogP contribution in [0.1, 0.15) is 30.0 Å². The van der Waals surface area contributed by atoms with Gasteiger partial charge in [-0.2, -0.15) is 13.2 Å². The summed E-state index contributed by atoms with van der Waals surface area (Å²) in [5.41, 5.74) is 2.13. The van der Waals surface area contributed by atoms with E-state index >= 15 is 0 Å². The van der Waals surface area contributed by atoms with Crippen molar-refractivity contribution in [3.8, 4) is 0 Å². The molecule has 2 rings (SSSR count). The molecule has 0 fully saturated rings. The van der Waals surface area contributed by atoms with Crippen molar-refractivity contribution in [2.45, 2.75) is 32.9 Å². The van der Waals surface area contributed by atoms with Crippen molar-refractivity contribution in [1.29, 1.82) is 0 Å². The number of halogens is 3. The van der Waals surface area contributed by atoms with Gasteiger partial charge in [-0.1, -0.05) is 37.3 Å². The quantitative estimate of drug-likeness (QED) is 0.768. The summed E-state index contributed by atoms with van der Waals surface area (Å²) < 4.78 is 38.8. The predicted molar refractivity (Wildman–Crippen MR) is 93.7 cm³/mol. The Morgan fingerprint density at radius 2 is 1.80 bits per heavy atom. The number of hydrogen-bond acceptors (Lipinski definition) is 2. The van der Waals surface area contributed by atoms with Gasteiger partial charge in [0.1, 0.15) is 0 Å². The third-order valence-electron chi connectivity index (χ3n) is 3.90. The van der Waals surface area contributed by atoms with Crippen LogP contribution in [-0.2, 0) is 17.4 Å². The number of amides is 1. The number of hydrogen-bond donors (Lipinski definition) is 2. The number of anilines is 2. The lowest BCUT2D eigenvalue weighted by Gasteiger charge is -2.15. The van der Waals surface area contributed by atoms with Crippen molar-refractivity contribution < 1.29 is 18.0 Å². The Kier molecular flexibility index (Phi) is 6.07. The molecule has 0 atom stereocenters. The van der Waals surface area contributed by atoms with Crippen LogP contribution in [0.15, 0.2) is 42.5 Å². The lowest BCUT2D eigenvalue weighted by molar-refractivity contribution is -0.137. The summed E-state index contributed by atoms with van der Waals surface area (Å²) in [6.45, 7) is 4.36. The van der Waals surface area contributed by atoms with Crippen LogP contribution < -0.4 is 10.6 Å². The maximum absolute atomic E-state index is 12.9. The number of benzene rings is 2. The van der Waals surface area contributed by atoms with Crippen LogP contribution in [0.3, 0.4) is 0 Å². The molecule has 0 saturated carbocycles. The molecule has 2 aromatic carbocycles. The van der Waals surface area contributed by atoms with Crippen molar-refractivity contribution in [2.24, 2.45) is 0 Å². The molecule has 0 aliphatic heterocycles. The van der Waals surface area contributed by atoms with Crippen molar-refractivity contribution in [1.82, 2.24) is 0 Å². The van der Waals surface area contributed by atoms with Gasteiger partial charge < -0.3 is 10.6 Å². The third-order valence-corrected chi connectivity index (χ3v) is 3.90. The Morgan fingerprint density at radius 1 is 1.08 bits per heavy atom. The number of rotatable bonds is 6. The number of nitrogens with one attached hydrogen (secondary N) is 2. The summed E-state index contributed by atoms with van der Waals surface area (Å²) >= 11 is 0. The van der Waals surface area contributed by atoms with Gasteiger partial charge in [0.05, 0.1) is 11.3 Å². The van der Waals surface area contributed by atoms with Crippen molar-refractivity contribution in [3.63, 3.8) is 0 Å². The lowest BCUT2D eigenvalue weighted by atomic mass is 10.1. The predicted octanol–water partition coefficient (Wildman–Crippen LogP) is 5.02. The van der Waals surface area contributed by atoms with Gasteiger partial charge in [-0.25, -0.2) is 0 Å². The number of aryl methyl sites for hydroxylation is 2. The van der Waals surface area contributed by atoms with E-state index < -0.39 is 17.6 Å². The molecule has 2 N–H and O–H groups in total. The first-order valence-corrected chi connectivity index (χ1v) is 8.11. The van der Waals surface area contributed by atoms with Gasteiger partial charge in [0, 0.05) is 18.7 Å². The molecule has 0 aromatic heterocycles. The Bertz CT molecular complexity index is 742. The topological polar surface area (TPSA) is 41.1 Å². The minimum atomic E-state index is -4.50. The third kappa shape index (κ3) is 4.98. The highest BCUT2D eigenvalue weighted by atomic mass is 19.4. The number of carbonyl (C=O) groups excluding carboxylic acids is 1. The maximum Gasteiger partial charge on any atom is 0.418 e. The van der Waals surface area contributed by atoms with E-state index in [1.807, 2.05) is 32.0 Å². The van der Waals surface area contributed by atoms with Gasteiger partial charge >= 0.3 is 6.18 Å². The fraction of sp³-hybridized carbons (Fsp3) is 0.316. The molecule has 0 saturated heterocycles. The normalized spacial score (nSPS) is 11.2. The molecule has 0 radical (unpaired) electrons. The molecule has 0 spiro atoms. The van der Waals surface area contributed by atoms with E-state index in [9.17, 15) is 18.0 Å². The van der Waals surface area contributed by atoms with Gasteiger partial charge in [0.25, 0.3) is 0 Å². The van der Waals surface area contributed by atoms with Crippen molar-refractivity contribution in [2.75, 3.05) is 17.2 Å². The molecule has 6 heteroatoms. The summed E-state index contributed by atoms with van der Waals surface area (Å²) in [6, 6.07) is 10.9. The first-order valence-electron chi connectivity index (χ1n) is 8.11. The Balaban J connectivity index is 1.97. The standard InChI is InChI=1S/C19H21F3N2O/c1-3-14-8-6-7-13(2)18(14)23-12-11-17(25)24-16-10-5-4-9-15(16)19(20,21)22/h4-10,23H,3,11-12H2,1-2H3,(H,24,25). The van der Waals surface area contributed by atoms with E-state index in [1.165, 1.54) is 18.2 Å². The second-order valence-electron chi connectivity index (χ2n) is 5.73. The smallest absolute Gasteiger partial charge is 0.384 e. The Hall–Kier alpha value is -2.50. The van der Waals surface area contributed by atoms with E-state index in [4.69, 9.17) is 0 Å². The summed E-state index contributed by atoms with van der Waals surface area (Å²) in [5, 5.41) is 5.56. The van der Waals surface area contributed by atoms with Crippen LogP contribution in [-0.4, -0.2) is 12.5 Å². The second kappa shape index (κ2) is 8.05. The zero-order valence-corrected chi connectivity index (χ0v) is 14.2. The minimum absolute atomic E-state index is 0.0731. The SMILES string of the molecule is CCc1cccc(C)c1NCCC(=O)Nc1ccccc1C(F)(F)F. The van der Waals surface area contributed by atoms with E-state index in [1.54, 1.807) is 0 Å². The molecule has 134 valence electrons. The molecular formula is C19H21F3N2O. The molecule has 3 nitrogen and oxygen atoms in total. The molecule has 2 aromatic rings. The van der Waals surface area contributed by atoms with Gasteiger partial charge in [0.15, 0.2) is 0 Å². The van der Waals surface area contributed by atoms with E-state index in [-0.39, 0.29) is 12.1 Å². The van der Waals surface area contributed by atoms with Crippen LogP contribution in [0.25, 0.3) is 0 Å². The fourth-order valence-corrected chi connectivity index (χ4v) is 2.63. The highest BCUT2D eigenvalue weighted by Gasteiger charge is 2.33. The van der Waals surface area contributed by atoms with Crippen molar-refractivity contribution in [3.05, 3.63) is 59.2 Å². The Morgan fingerprint density at radius 3 is 2.48 bits per heavy atom. The second-order valence-corrected chi connectivity index (χ2v) is 5.73. The van der Waals surface area contributed by atoms with Crippen LogP contribution in [0.4, 0.5) is 24.5 Å². The van der Waals surface area contributed by atoms with Gasteiger partial charge in [-0.05, 0) is 36.6 Å². The van der Waals surface area contributed by atoms with Crippen LogP contribution in [0.2, 0.25) is 0 Å². The molecular weight excluding hydrogens is 329 g/mol. The first-order chi connectivity index (χ1) is 11.8. The zero-order chi connectivity index (χ0) is 18.4. The van der Waals surface area contributed by atoms with Gasteiger partial charge in [-0.3, -0.25) is 4.79 Å². The van der Waals surface area contributed by atoms with E-state index in [2.05, 4.69) is 10.6 Å². The monoisotopic (exact) mass is 350 g/mol. The average molecular weight is 350 g/mol. The van der Waals surface area contributed by atoms with Gasteiger partial charge in [-0.15, -0.1) is 0 Å². The minimum Gasteiger partial charge on any atom is -0.384 e. The zero-order valence-electron chi connectivity index (χ0n) is 14.2. The molecule has 0 unspecified atom stereocenters. The highest BCUT2D eigenvalue weighted by molar-refractivity contribution is 5.91. The number of para-hydroxylation sites is 2. The average Bonchev–Trinajstić information content (AvgIpc) is 2.55. The molecule has 0 aliphatic rings. The summed E-state index contributed by atoms with van der Waals surface area (Å²) in [5.74, 6) is -0.462. The molecule has 0 bridgehead atoms.